The zero-order valence-corrected chi connectivity index (χ0v) is 13.3. The van der Waals surface area contributed by atoms with Crippen molar-refractivity contribution in [3.63, 3.8) is 0 Å². The largest absolute Gasteiger partial charge is 0.353 e. The molecule has 1 aliphatic carbocycles. The minimum absolute atomic E-state index is 0.0871. The summed E-state index contributed by atoms with van der Waals surface area (Å²) in [7, 11) is 0. The second-order valence-corrected chi connectivity index (χ2v) is 6.48. The number of hydrogen-bond acceptors (Lipinski definition) is 2. The predicted octanol–water partition coefficient (Wildman–Crippen LogP) is 3.51. The smallest absolute Gasteiger partial charge is 0.193 e. The maximum atomic E-state index is 12.8. The number of aryl methyl sites for hydroxylation is 1. The summed E-state index contributed by atoms with van der Waals surface area (Å²) in [5, 5.41) is 3.78. The van der Waals surface area contributed by atoms with Crippen LogP contribution < -0.4 is 5.32 Å². The lowest BCUT2D eigenvalue weighted by Crippen LogP contribution is -2.54. The summed E-state index contributed by atoms with van der Waals surface area (Å²) in [5.41, 5.74) is 2.69. The number of benzene rings is 1. The SMILES string of the molecule is CC1=NC(=S)NC(c2ccc(C)cc2)C12CCCCC2=O. The van der Waals surface area contributed by atoms with Gasteiger partial charge in [0.05, 0.1) is 11.5 Å². The third-order valence-electron chi connectivity index (χ3n) is 4.81. The normalized spacial score (nSPS) is 29.2. The van der Waals surface area contributed by atoms with Crippen LogP contribution in [0, 0.1) is 12.3 Å². The monoisotopic (exact) mass is 300 g/mol. The number of carbonyl (C=O) groups is 1. The first-order valence-electron chi connectivity index (χ1n) is 7.50. The molecule has 1 spiro atoms. The van der Waals surface area contributed by atoms with E-state index >= 15 is 0 Å². The molecule has 1 heterocycles. The van der Waals surface area contributed by atoms with Crippen molar-refractivity contribution < 1.29 is 4.79 Å². The molecule has 1 aromatic rings. The molecule has 3 rings (SSSR count). The third-order valence-corrected chi connectivity index (χ3v) is 5.02. The molecular formula is C17H20N2OS. The lowest BCUT2D eigenvalue weighted by Gasteiger charge is -2.45. The van der Waals surface area contributed by atoms with Gasteiger partial charge in [-0.25, -0.2) is 4.99 Å². The van der Waals surface area contributed by atoms with E-state index in [4.69, 9.17) is 12.2 Å². The van der Waals surface area contributed by atoms with Crippen molar-refractivity contribution in [2.24, 2.45) is 10.4 Å². The van der Waals surface area contributed by atoms with Crippen molar-refractivity contribution in [3.8, 4) is 0 Å². The molecule has 2 unspecified atom stereocenters. The molecule has 2 aliphatic rings. The Morgan fingerprint density at radius 1 is 1.24 bits per heavy atom. The van der Waals surface area contributed by atoms with Crippen LogP contribution in [0.25, 0.3) is 0 Å². The van der Waals surface area contributed by atoms with Crippen molar-refractivity contribution >= 4 is 28.8 Å². The highest BCUT2D eigenvalue weighted by Crippen LogP contribution is 2.46. The van der Waals surface area contributed by atoms with Gasteiger partial charge < -0.3 is 5.32 Å². The Labute approximate surface area is 130 Å². The fraction of sp³-hybridized carbons (Fsp3) is 0.471. The van der Waals surface area contributed by atoms with Crippen LogP contribution in [0.3, 0.4) is 0 Å². The summed E-state index contributed by atoms with van der Waals surface area (Å²) in [6.07, 6.45) is 3.55. The zero-order chi connectivity index (χ0) is 15.0. The van der Waals surface area contributed by atoms with Gasteiger partial charge in [-0.3, -0.25) is 4.79 Å². The quantitative estimate of drug-likeness (QED) is 0.807. The maximum Gasteiger partial charge on any atom is 0.193 e. The molecule has 1 fully saturated rings. The van der Waals surface area contributed by atoms with Crippen LogP contribution >= 0.6 is 12.2 Å². The van der Waals surface area contributed by atoms with E-state index in [9.17, 15) is 4.79 Å². The first-order valence-corrected chi connectivity index (χ1v) is 7.91. The first-order chi connectivity index (χ1) is 10.0. The number of aliphatic imine (C=N–C) groups is 1. The van der Waals surface area contributed by atoms with Gasteiger partial charge in [0.25, 0.3) is 0 Å². The zero-order valence-electron chi connectivity index (χ0n) is 12.5. The molecule has 0 saturated heterocycles. The third kappa shape index (κ3) is 2.31. The van der Waals surface area contributed by atoms with Crippen molar-refractivity contribution in [1.82, 2.24) is 5.32 Å². The van der Waals surface area contributed by atoms with E-state index in [0.29, 0.717) is 17.3 Å². The van der Waals surface area contributed by atoms with Gasteiger partial charge in [-0.2, -0.15) is 0 Å². The van der Waals surface area contributed by atoms with Gasteiger partial charge in [0, 0.05) is 12.1 Å². The summed E-state index contributed by atoms with van der Waals surface area (Å²) in [4.78, 5) is 17.2. The van der Waals surface area contributed by atoms with Crippen molar-refractivity contribution in [1.29, 1.82) is 0 Å². The van der Waals surface area contributed by atoms with E-state index in [1.807, 2.05) is 6.92 Å². The summed E-state index contributed by atoms with van der Waals surface area (Å²) in [6, 6.07) is 8.27. The van der Waals surface area contributed by atoms with Crippen LogP contribution in [0.2, 0.25) is 0 Å². The van der Waals surface area contributed by atoms with Gasteiger partial charge in [-0.15, -0.1) is 0 Å². The number of nitrogens with zero attached hydrogens (tertiary/aromatic N) is 1. The van der Waals surface area contributed by atoms with Crippen LogP contribution in [0.5, 0.6) is 0 Å². The predicted molar refractivity (Wildman–Crippen MR) is 88.7 cm³/mol. The topological polar surface area (TPSA) is 41.5 Å². The van der Waals surface area contributed by atoms with Gasteiger partial charge in [0.15, 0.2) is 5.11 Å². The van der Waals surface area contributed by atoms with Gasteiger partial charge in [-0.05, 0) is 44.5 Å². The van der Waals surface area contributed by atoms with Crippen LogP contribution in [0.15, 0.2) is 29.3 Å². The van der Waals surface area contributed by atoms with Crippen LogP contribution in [0.1, 0.15) is 49.8 Å². The standard InChI is InChI=1S/C17H20N2OS/c1-11-6-8-13(9-7-11)15-17(10-4-3-5-14(17)20)12(2)18-16(21)19-15/h6-9,15H,3-5,10H2,1-2H3,(H,19,21). The lowest BCUT2D eigenvalue weighted by atomic mass is 9.63. The number of carbonyl (C=O) groups excluding carboxylic acids is 1. The van der Waals surface area contributed by atoms with E-state index in [-0.39, 0.29) is 6.04 Å². The van der Waals surface area contributed by atoms with Crippen molar-refractivity contribution in [2.75, 3.05) is 0 Å². The number of Topliss-reactive ketones (excluding diaryl/α,β-unsaturated/α-hetero) is 1. The van der Waals surface area contributed by atoms with Crippen molar-refractivity contribution in [2.45, 2.75) is 45.6 Å². The molecular weight excluding hydrogens is 280 g/mol. The Morgan fingerprint density at radius 2 is 1.95 bits per heavy atom. The highest BCUT2D eigenvalue weighted by atomic mass is 32.1. The fourth-order valence-electron chi connectivity index (χ4n) is 3.61. The Morgan fingerprint density at radius 3 is 2.62 bits per heavy atom. The molecule has 0 radical (unpaired) electrons. The second kappa shape index (κ2) is 5.34. The van der Waals surface area contributed by atoms with E-state index in [1.54, 1.807) is 0 Å². The van der Waals surface area contributed by atoms with E-state index in [0.717, 1.165) is 30.5 Å². The summed E-state index contributed by atoms with van der Waals surface area (Å²) in [5.74, 6) is 0.301. The van der Waals surface area contributed by atoms with Crippen LogP contribution in [-0.4, -0.2) is 16.6 Å². The Bertz CT molecular complexity index is 620. The Hall–Kier alpha value is -1.55. The molecule has 1 N–H and O–H groups in total. The molecule has 1 aliphatic heterocycles. The van der Waals surface area contributed by atoms with Crippen molar-refractivity contribution in [3.05, 3.63) is 35.4 Å². The molecule has 0 amide bonds. The average Bonchev–Trinajstić information content (AvgIpc) is 2.46. The van der Waals surface area contributed by atoms with Gasteiger partial charge >= 0.3 is 0 Å². The highest BCUT2D eigenvalue weighted by Gasteiger charge is 2.51. The summed E-state index contributed by atoms with van der Waals surface area (Å²) < 4.78 is 0. The highest BCUT2D eigenvalue weighted by molar-refractivity contribution is 7.80. The van der Waals surface area contributed by atoms with E-state index in [2.05, 4.69) is 41.5 Å². The summed E-state index contributed by atoms with van der Waals surface area (Å²) in [6.45, 7) is 4.02. The molecule has 4 heteroatoms. The molecule has 21 heavy (non-hydrogen) atoms. The van der Waals surface area contributed by atoms with Gasteiger partial charge in [-0.1, -0.05) is 36.2 Å². The Kier molecular flexibility index (Phi) is 3.66. The van der Waals surface area contributed by atoms with Crippen LogP contribution in [0.4, 0.5) is 0 Å². The number of nitrogens with one attached hydrogen (secondary N) is 1. The minimum Gasteiger partial charge on any atom is -0.353 e. The van der Waals surface area contributed by atoms with Crippen LogP contribution in [-0.2, 0) is 4.79 Å². The molecule has 0 aromatic heterocycles. The first kappa shape index (κ1) is 14.4. The molecule has 1 saturated carbocycles. The van der Waals surface area contributed by atoms with E-state index in [1.165, 1.54) is 5.56 Å². The maximum absolute atomic E-state index is 12.8. The molecule has 110 valence electrons. The Balaban J connectivity index is 2.11. The lowest BCUT2D eigenvalue weighted by molar-refractivity contribution is -0.128. The second-order valence-electron chi connectivity index (χ2n) is 6.09. The number of hydrogen-bond donors (Lipinski definition) is 1. The van der Waals surface area contributed by atoms with Gasteiger partial charge in [0.2, 0.25) is 0 Å². The minimum atomic E-state index is -0.518. The number of rotatable bonds is 1. The number of ketones is 1. The molecule has 0 bridgehead atoms. The molecule has 3 nitrogen and oxygen atoms in total. The van der Waals surface area contributed by atoms with Gasteiger partial charge in [0.1, 0.15) is 5.78 Å². The fourth-order valence-corrected chi connectivity index (χ4v) is 3.86. The molecule has 1 aromatic carbocycles. The molecule has 2 atom stereocenters. The summed E-state index contributed by atoms with van der Waals surface area (Å²) >= 11 is 5.27. The number of thiocarbonyl (C=S) groups is 1. The van der Waals surface area contributed by atoms with E-state index < -0.39 is 5.41 Å². The average molecular weight is 300 g/mol.